The number of ether oxygens (including phenoxy) is 1. The number of halogens is 2. The van der Waals surface area contributed by atoms with Crippen molar-refractivity contribution < 1.29 is 13.5 Å². The van der Waals surface area contributed by atoms with Gasteiger partial charge in [0.25, 0.3) is 0 Å². The predicted octanol–water partition coefficient (Wildman–Crippen LogP) is 3.12. The Balaban J connectivity index is 1.77. The molecule has 2 aliphatic heterocycles. The van der Waals surface area contributed by atoms with E-state index < -0.39 is 17.2 Å². The molecule has 0 bridgehead atoms. The molecule has 4 atom stereocenters. The molecule has 2 aliphatic rings. The zero-order valence-corrected chi connectivity index (χ0v) is 15.3. The molecule has 0 aliphatic carbocycles. The molecule has 2 N–H and O–H groups in total. The number of aromatic nitrogens is 2. The van der Waals surface area contributed by atoms with Gasteiger partial charge in [-0.3, -0.25) is 4.68 Å². The molecule has 0 radical (unpaired) electrons. The highest BCUT2D eigenvalue weighted by molar-refractivity contribution is 8.14. The van der Waals surface area contributed by atoms with Crippen LogP contribution in [0.25, 0.3) is 0 Å². The summed E-state index contributed by atoms with van der Waals surface area (Å²) in [4.78, 5) is 4.63. The maximum absolute atomic E-state index is 14.7. The number of rotatable bonds is 2. The Kier molecular flexibility index (Phi) is 4.27. The monoisotopic (exact) mass is 378 g/mol. The Morgan fingerprint density at radius 2 is 2.19 bits per heavy atom. The van der Waals surface area contributed by atoms with E-state index in [1.165, 1.54) is 23.9 Å². The summed E-state index contributed by atoms with van der Waals surface area (Å²) < 4.78 is 35.9. The molecular formula is C18H20F2N4OS. The molecule has 3 heterocycles. The quantitative estimate of drug-likeness (QED) is 0.872. The van der Waals surface area contributed by atoms with Crippen molar-refractivity contribution in [2.24, 2.45) is 23.7 Å². The van der Waals surface area contributed by atoms with Crippen LogP contribution in [0.15, 0.2) is 35.6 Å². The molecule has 0 unspecified atom stereocenters. The van der Waals surface area contributed by atoms with Gasteiger partial charge in [-0.05, 0) is 12.5 Å². The van der Waals surface area contributed by atoms with Crippen molar-refractivity contribution in [1.29, 1.82) is 0 Å². The zero-order valence-electron chi connectivity index (χ0n) is 14.5. The molecule has 0 saturated carbocycles. The third-order valence-electron chi connectivity index (χ3n) is 5.26. The highest BCUT2D eigenvalue weighted by atomic mass is 32.2. The second kappa shape index (κ2) is 6.35. The Labute approximate surface area is 154 Å². The fraction of sp³-hybridized carbons (Fsp3) is 0.444. The molecule has 1 saturated heterocycles. The van der Waals surface area contributed by atoms with E-state index in [2.05, 4.69) is 17.0 Å². The normalized spacial score (nSPS) is 31.4. The Bertz CT molecular complexity index is 871. The van der Waals surface area contributed by atoms with Crippen LogP contribution in [0.5, 0.6) is 0 Å². The van der Waals surface area contributed by atoms with E-state index >= 15 is 0 Å². The molecule has 0 spiro atoms. The summed E-state index contributed by atoms with van der Waals surface area (Å²) in [6.45, 7) is 2.25. The highest BCUT2D eigenvalue weighted by Crippen LogP contribution is 2.52. The first-order valence-corrected chi connectivity index (χ1v) is 9.34. The lowest BCUT2D eigenvalue weighted by molar-refractivity contribution is -0.0644. The van der Waals surface area contributed by atoms with Crippen molar-refractivity contribution in [2.75, 3.05) is 6.61 Å². The van der Waals surface area contributed by atoms with Crippen LogP contribution < -0.4 is 5.73 Å². The minimum Gasteiger partial charge on any atom is -0.379 e. The number of nitrogens with zero attached hydrogens (tertiary/aromatic N) is 3. The van der Waals surface area contributed by atoms with E-state index in [1.807, 2.05) is 13.2 Å². The van der Waals surface area contributed by atoms with E-state index in [-0.39, 0.29) is 23.9 Å². The van der Waals surface area contributed by atoms with Crippen LogP contribution in [-0.2, 0) is 17.3 Å². The standard InChI is InChI=1S/C18H20F2N4OS/c1-10-14-6-16(11-7-22-24(2)8-11)25-9-18(14,23-17(21)26-10)13-4-3-12(19)5-15(13)20/h3-5,7-8,10,14,16H,6,9H2,1-2H3,(H2,21,23)/t10-,14-,16+,18+/m0/s1. The van der Waals surface area contributed by atoms with Gasteiger partial charge in [0.05, 0.1) is 18.9 Å². The summed E-state index contributed by atoms with van der Waals surface area (Å²) in [5.41, 5.74) is 6.42. The lowest BCUT2D eigenvalue weighted by Crippen LogP contribution is -2.51. The number of fused-ring (bicyclic) bond motifs is 1. The van der Waals surface area contributed by atoms with Crippen LogP contribution in [0, 0.1) is 17.6 Å². The highest BCUT2D eigenvalue weighted by Gasteiger charge is 2.52. The summed E-state index contributed by atoms with van der Waals surface area (Å²) in [6, 6.07) is 3.62. The van der Waals surface area contributed by atoms with E-state index in [0.29, 0.717) is 17.2 Å². The SMILES string of the molecule is C[C@@H]1SC(N)=N[C@@]2(c3ccc(F)cc3F)CO[C@@H](c3cnn(C)c3)C[C@@H]12. The van der Waals surface area contributed by atoms with Crippen molar-refractivity contribution in [3.05, 3.63) is 53.4 Å². The van der Waals surface area contributed by atoms with Gasteiger partial charge < -0.3 is 10.5 Å². The van der Waals surface area contributed by atoms with Crippen molar-refractivity contribution in [2.45, 2.75) is 30.2 Å². The van der Waals surface area contributed by atoms with Gasteiger partial charge in [0.1, 0.15) is 17.2 Å². The molecule has 138 valence electrons. The number of aliphatic imine (C=N–C) groups is 1. The lowest BCUT2D eigenvalue weighted by Gasteiger charge is -2.48. The minimum absolute atomic E-state index is 0.00119. The molecule has 1 fully saturated rings. The first-order chi connectivity index (χ1) is 12.4. The number of hydrogen-bond donors (Lipinski definition) is 1. The molecule has 8 heteroatoms. The summed E-state index contributed by atoms with van der Waals surface area (Å²) in [5, 5.41) is 4.74. The average Bonchev–Trinajstić information content (AvgIpc) is 3.00. The van der Waals surface area contributed by atoms with Crippen LogP contribution >= 0.6 is 11.8 Å². The molecule has 4 rings (SSSR count). The Morgan fingerprint density at radius 1 is 1.38 bits per heavy atom. The maximum atomic E-state index is 14.7. The molecule has 5 nitrogen and oxygen atoms in total. The van der Waals surface area contributed by atoms with Gasteiger partial charge in [-0.15, -0.1) is 0 Å². The smallest absolute Gasteiger partial charge is 0.155 e. The van der Waals surface area contributed by atoms with Gasteiger partial charge in [0.2, 0.25) is 0 Å². The van der Waals surface area contributed by atoms with Gasteiger partial charge in [-0.1, -0.05) is 24.8 Å². The Hall–Kier alpha value is -1.93. The summed E-state index contributed by atoms with van der Waals surface area (Å²) in [6.07, 6.45) is 4.24. The van der Waals surface area contributed by atoms with E-state index in [4.69, 9.17) is 10.5 Å². The fourth-order valence-corrected chi connectivity index (χ4v) is 5.13. The van der Waals surface area contributed by atoms with Gasteiger partial charge in [-0.2, -0.15) is 5.10 Å². The number of hydrogen-bond acceptors (Lipinski definition) is 5. The summed E-state index contributed by atoms with van der Waals surface area (Å²) in [5.74, 6) is -1.23. The van der Waals surface area contributed by atoms with Crippen LogP contribution in [0.2, 0.25) is 0 Å². The second-order valence-electron chi connectivity index (χ2n) is 6.91. The Morgan fingerprint density at radius 3 is 2.88 bits per heavy atom. The minimum atomic E-state index is -0.939. The molecule has 1 aromatic carbocycles. The van der Waals surface area contributed by atoms with Gasteiger partial charge >= 0.3 is 0 Å². The largest absolute Gasteiger partial charge is 0.379 e. The third kappa shape index (κ3) is 2.81. The van der Waals surface area contributed by atoms with Gasteiger partial charge in [-0.25, -0.2) is 13.8 Å². The predicted molar refractivity (Wildman–Crippen MR) is 96.7 cm³/mol. The van der Waals surface area contributed by atoms with Crippen LogP contribution in [0.4, 0.5) is 8.78 Å². The van der Waals surface area contributed by atoms with Crippen LogP contribution in [-0.4, -0.2) is 26.8 Å². The van der Waals surface area contributed by atoms with E-state index in [0.717, 1.165) is 11.6 Å². The summed E-state index contributed by atoms with van der Waals surface area (Å²) >= 11 is 1.49. The van der Waals surface area contributed by atoms with Crippen molar-refractivity contribution >= 4 is 16.9 Å². The molecular weight excluding hydrogens is 358 g/mol. The third-order valence-corrected chi connectivity index (χ3v) is 6.30. The molecule has 0 amide bonds. The van der Waals surface area contributed by atoms with E-state index in [1.54, 1.807) is 10.9 Å². The number of nitrogens with two attached hydrogens (primary N) is 1. The van der Waals surface area contributed by atoms with Gasteiger partial charge in [0, 0.05) is 41.6 Å². The van der Waals surface area contributed by atoms with Crippen molar-refractivity contribution in [3.8, 4) is 0 Å². The molecule has 26 heavy (non-hydrogen) atoms. The second-order valence-corrected chi connectivity index (χ2v) is 8.31. The summed E-state index contributed by atoms with van der Waals surface area (Å²) in [7, 11) is 1.86. The average molecular weight is 378 g/mol. The first kappa shape index (κ1) is 17.5. The van der Waals surface area contributed by atoms with Crippen LogP contribution in [0.1, 0.15) is 30.6 Å². The maximum Gasteiger partial charge on any atom is 0.155 e. The zero-order chi connectivity index (χ0) is 18.5. The van der Waals surface area contributed by atoms with Gasteiger partial charge in [0.15, 0.2) is 5.17 Å². The number of benzene rings is 1. The molecule has 1 aromatic heterocycles. The van der Waals surface area contributed by atoms with Crippen molar-refractivity contribution in [1.82, 2.24) is 9.78 Å². The number of thioether (sulfide) groups is 1. The number of amidine groups is 1. The first-order valence-electron chi connectivity index (χ1n) is 8.47. The van der Waals surface area contributed by atoms with Crippen molar-refractivity contribution in [3.63, 3.8) is 0 Å². The fourth-order valence-electron chi connectivity index (χ4n) is 4.04. The lowest BCUT2D eigenvalue weighted by atomic mass is 9.72. The number of aryl methyl sites for hydroxylation is 1. The van der Waals surface area contributed by atoms with Crippen LogP contribution in [0.3, 0.4) is 0 Å². The topological polar surface area (TPSA) is 65.4 Å². The molecule has 2 aromatic rings. The van der Waals surface area contributed by atoms with E-state index in [9.17, 15) is 8.78 Å².